The van der Waals surface area contributed by atoms with Gasteiger partial charge in [0.15, 0.2) is 5.82 Å². The highest BCUT2D eigenvalue weighted by atomic mass is 16.5. The Morgan fingerprint density at radius 3 is 3.20 bits per heavy atom. The third kappa shape index (κ3) is 2.99. The lowest BCUT2D eigenvalue weighted by Gasteiger charge is -2.27. The highest BCUT2D eigenvalue weighted by Crippen LogP contribution is 2.26. The molecule has 2 aromatic rings. The van der Waals surface area contributed by atoms with Gasteiger partial charge in [-0.1, -0.05) is 17.3 Å². The van der Waals surface area contributed by atoms with Crippen LogP contribution in [-0.2, 0) is 19.4 Å². The van der Waals surface area contributed by atoms with Gasteiger partial charge < -0.3 is 14.7 Å². The van der Waals surface area contributed by atoms with Gasteiger partial charge >= 0.3 is 0 Å². The van der Waals surface area contributed by atoms with E-state index in [0.29, 0.717) is 0 Å². The molecule has 5 nitrogen and oxygen atoms in total. The third-order valence-corrected chi connectivity index (χ3v) is 3.76. The Kier molecular flexibility index (Phi) is 3.97. The summed E-state index contributed by atoms with van der Waals surface area (Å²) < 4.78 is 4.71. The van der Waals surface area contributed by atoms with Gasteiger partial charge in [-0.15, -0.1) is 0 Å². The first-order chi connectivity index (χ1) is 9.83. The van der Waals surface area contributed by atoms with Gasteiger partial charge in [0.05, 0.1) is 0 Å². The number of anilines is 1. The van der Waals surface area contributed by atoms with E-state index in [1.54, 1.807) is 0 Å². The molecule has 20 heavy (non-hydrogen) atoms. The van der Waals surface area contributed by atoms with Crippen LogP contribution in [0.5, 0.6) is 0 Å². The van der Waals surface area contributed by atoms with Crippen LogP contribution in [0.4, 0.5) is 5.69 Å². The summed E-state index contributed by atoms with van der Waals surface area (Å²) in [5, 5.41) is 7.22. The van der Waals surface area contributed by atoms with E-state index in [2.05, 4.69) is 45.6 Å². The zero-order valence-corrected chi connectivity index (χ0v) is 11.8. The lowest BCUT2D eigenvalue weighted by atomic mass is 9.99. The Labute approximate surface area is 119 Å². The smallest absolute Gasteiger partial charge is 0.213 e. The van der Waals surface area contributed by atoms with Gasteiger partial charge in [0.1, 0.15) is 0 Å². The average Bonchev–Trinajstić information content (AvgIpc) is 2.97. The van der Waals surface area contributed by atoms with Crippen molar-refractivity contribution in [3.05, 3.63) is 41.5 Å². The van der Waals surface area contributed by atoms with E-state index in [9.17, 15) is 0 Å². The fourth-order valence-electron chi connectivity index (χ4n) is 2.68. The molecule has 1 N–H and O–H groups in total. The van der Waals surface area contributed by atoms with Crippen molar-refractivity contribution in [2.24, 2.45) is 0 Å². The summed E-state index contributed by atoms with van der Waals surface area (Å²) in [5.41, 5.74) is 4.19. The molecule has 0 unspecified atom stereocenters. The maximum absolute atomic E-state index is 4.71. The number of aromatic nitrogens is 2. The number of rotatable bonds is 5. The Morgan fingerprint density at radius 1 is 1.40 bits per heavy atom. The lowest BCUT2D eigenvalue weighted by Crippen LogP contribution is -2.25. The van der Waals surface area contributed by atoms with E-state index in [1.807, 2.05) is 0 Å². The monoisotopic (exact) mass is 272 g/mol. The predicted octanol–water partition coefficient (Wildman–Crippen LogP) is 1.78. The van der Waals surface area contributed by atoms with Gasteiger partial charge in [-0.25, -0.2) is 0 Å². The van der Waals surface area contributed by atoms with Crippen molar-refractivity contribution in [3.8, 4) is 0 Å². The van der Waals surface area contributed by atoms with Gasteiger partial charge in [-0.3, -0.25) is 0 Å². The van der Waals surface area contributed by atoms with E-state index < -0.39 is 0 Å². The van der Waals surface area contributed by atoms with Crippen molar-refractivity contribution in [1.82, 2.24) is 15.5 Å². The van der Waals surface area contributed by atoms with Crippen LogP contribution in [-0.4, -0.2) is 30.3 Å². The minimum absolute atomic E-state index is 0.754. The highest BCUT2D eigenvalue weighted by Gasteiger charge is 2.13. The van der Waals surface area contributed by atoms with E-state index in [1.165, 1.54) is 36.0 Å². The number of nitrogens with one attached hydrogen (secondary N) is 1. The summed E-state index contributed by atoms with van der Waals surface area (Å²) in [5.74, 6) is 0.754. The number of aryl methyl sites for hydroxylation is 1. The molecule has 1 aliphatic rings. The second-order valence-electron chi connectivity index (χ2n) is 5.26. The largest absolute Gasteiger partial charge is 0.374 e. The number of fused-ring (bicyclic) bond motifs is 1. The number of hydrogen-bond donors (Lipinski definition) is 1. The molecule has 3 rings (SSSR count). The average molecular weight is 272 g/mol. The van der Waals surface area contributed by atoms with Crippen molar-refractivity contribution in [1.29, 1.82) is 0 Å². The molecule has 106 valence electrons. The van der Waals surface area contributed by atoms with Crippen LogP contribution < -0.4 is 10.2 Å². The fraction of sp³-hybridized carbons (Fsp3) is 0.467. The van der Waals surface area contributed by atoms with Crippen molar-refractivity contribution in [2.45, 2.75) is 25.8 Å². The number of hydrogen-bond acceptors (Lipinski definition) is 5. The SMILES string of the molecule is CN1CCCc2cc(CNCCc3ncon3)ccc21. The van der Waals surface area contributed by atoms with Gasteiger partial charge in [-0.2, -0.15) is 4.98 Å². The standard InChI is InChI=1S/C15H20N4O/c1-19-8-2-3-13-9-12(4-5-14(13)19)10-16-7-6-15-17-11-20-18-15/h4-5,9,11,16H,2-3,6-8,10H2,1H3. The highest BCUT2D eigenvalue weighted by molar-refractivity contribution is 5.56. The summed E-state index contributed by atoms with van der Waals surface area (Å²) in [6.07, 6.45) is 4.61. The first-order valence-corrected chi connectivity index (χ1v) is 7.12. The molecule has 0 radical (unpaired) electrons. The van der Waals surface area contributed by atoms with Gasteiger partial charge in [0.2, 0.25) is 6.39 Å². The summed E-state index contributed by atoms with van der Waals surface area (Å²) in [6.45, 7) is 2.90. The van der Waals surface area contributed by atoms with Crippen molar-refractivity contribution < 1.29 is 4.52 Å². The van der Waals surface area contributed by atoms with Crippen LogP contribution in [0, 0.1) is 0 Å². The van der Waals surface area contributed by atoms with E-state index in [0.717, 1.165) is 31.9 Å². The molecular formula is C15H20N4O. The maximum Gasteiger partial charge on any atom is 0.213 e. The van der Waals surface area contributed by atoms with Crippen LogP contribution >= 0.6 is 0 Å². The van der Waals surface area contributed by atoms with Crippen LogP contribution in [0.2, 0.25) is 0 Å². The molecule has 1 aromatic carbocycles. The molecule has 0 spiro atoms. The molecule has 0 bridgehead atoms. The fourth-order valence-corrected chi connectivity index (χ4v) is 2.68. The van der Waals surface area contributed by atoms with Gasteiger partial charge in [0.25, 0.3) is 0 Å². The molecular weight excluding hydrogens is 252 g/mol. The Balaban J connectivity index is 1.53. The van der Waals surface area contributed by atoms with Crippen LogP contribution in [0.25, 0.3) is 0 Å². The Bertz CT molecular complexity index is 553. The maximum atomic E-state index is 4.71. The van der Waals surface area contributed by atoms with E-state index in [-0.39, 0.29) is 0 Å². The summed E-state index contributed by atoms with van der Waals surface area (Å²) >= 11 is 0. The zero-order chi connectivity index (χ0) is 13.8. The Morgan fingerprint density at radius 2 is 2.35 bits per heavy atom. The topological polar surface area (TPSA) is 54.2 Å². The molecule has 1 aromatic heterocycles. The summed E-state index contributed by atoms with van der Waals surface area (Å²) in [4.78, 5) is 6.34. The minimum atomic E-state index is 0.754. The molecule has 2 heterocycles. The molecule has 0 amide bonds. The first-order valence-electron chi connectivity index (χ1n) is 7.12. The van der Waals surface area contributed by atoms with Crippen molar-refractivity contribution >= 4 is 5.69 Å². The van der Waals surface area contributed by atoms with Gasteiger partial charge in [0, 0.05) is 38.8 Å². The second kappa shape index (κ2) is 6.05. The van der Waals surface area contributed by atoms with Crippen LogP contribution in [0.15, 0.2) is 29.1 Å². The summed E-state index contributed by atoms with van der Waals surface area (Å²) in [7, 11) is 2.17. The molecule has 0 saturated carbocycles. The molecule has 0 saturated heterocycles. The van der Waals surface area contributed by atoms with Crippen LogP contribution in [0.1, 0.15) is 23.4 Å². The van der Waals surface area contributed by atoms with Gasteiger partial charge in [-0.05, 0) is 30.0 Å². The predicted molar refractivity (Wildman–Crippen MR) is 77.7 cm³/mol. The van der Waals surface area contributed by atoms with E-state index in [4.69, 9.17) is 4.52 Å². The molecule has 1 aliphatic heterocycles. The quantitative estimate of drug-likeness (QED) is 0.841. The number of benzene rings is 1. The first kappa shape index (κ1) is 13.1. The number of nitrogens with zero attached hydrogens (tertiary/aromatic N) is 3. The molecule has 0 fully saturated rings. The third-order valence-electron chi connectivity index (χ3n) is 3.76. The molecule has 0 aliphatic carbocycles. The lowest BCUT2D eigenvalue weighted by molar-refractivity contribution is 0.409. The Hall–Kier alpha value is -1.88. The molecule has 0 atom stereocenters. The van der Waals surface area contributed by atoms with Crippen molar-refractivity contribution in [2.75, 3.05) is 25.0 Å². The van der Waals surface area contributed by atoms with E-state index >= 15 is 0 Å². The summed E-state index contributed by atoms with van der Waals surface area (Å²) in [6, 6.07) is 6.78. The van der Waals surface area contributed by atoms with Crippen LogP contribution in [0.3, 0.4) is 0 Å². The molecule has 5 heteroatoms. The zero-order valence-electron chi connectivity index (χ0n) is 11.8. The second-order valence-corrected chi connectivity index (χ2v) is 5.26. The van der Waals surface area contributed by atoms with Crippen molar-refractivity contribution in [3.63, 3.8) is 0 Å². The minimum Gasteiger partial charge on any atom is -0.374 e. The normalized spacial score (nSPS) is 14.3.